The molecule has 2 saturated heterocycles. The van der Waals surface area contributed by atoms with Crippen LogP contribution in [0.3, 0.4) is 0 Å². The number of carbonyl (C=O) groups is 1. The molecule has 24 heavy (non-hydrogen) atoms. The summed E-state index contributed by atoms with van der Waals surface area (Å²) < 4.78 is 17.1. The zero-order chi connectivity index (χ0) is 16.6. The molecule has 6 nitrogen and oxygen atoms in total. The van der Waals surface area contributed by atoms with Gasteiger partial charge in [0.1, 0.15) is 5.76 Å². The van der Waals surface area contributed by atoms with Crippen molar-refractivity contribution in [3.05, 3.63) is 23.7 Å². The van der Waals surface area contributed by atoms with Crippen molar-refractivity contribution in [2.24, 2.45) is 5.92 Å². The van der Waals surface area contributed by atoms with Crippen LogP contribution in [0.25, 0.3) is 0 Å². The summed E-state index contributed by atoms with van der Waals surface area (Å²) in [6.45, 7) is 4.88. The summed E-state index contributed by atoms with van der Waals surface area (Å²) in [5.74, 6) is 0.922. The Morgan fingerprint density at radius 3 is 2.75 bits per heavy atom. The summed E-state index contributed by atoms with van der Waals surface area (Å²) in [5.41, 5.74) is 1.14. The van der Waals surface area contributed by atoms with Crippen molar-refractivity contribution in [3.63, 3.8) is 0 Å². The number of carbonyl (C=O) groups excluding carboxylic acids is 1. The number of likely N-dealkylation sites (tertiary alicyclic amines) is 1. The van der Waals surface area contributed by atoms with Gasteiger partial charge >= 0.3 is 6.03 Å². The molecule has 6 heteroatoms. The van der Waals surface area contributed by atoms with E-state index in [1.54, 1.807) is 6.26 Å². The van der Waals surface area contributed by atoms with Crippen LogP contribution in [-0.4, -0.2) is 43.0 Å². The van der Waals surface area contributed by atoms with Gasteiger partial charge in [0.15, 0.2) is 5.79 Å². The molecule has 1 atom stereocenters. The highest BCUT2D eigenvalue weighted by atomic mass is 16.7. The van der Waals surface area contributed by atoms with E-state index < -0.39 is 5.79 Å². The smallest absolute Gasteiger partial charge is 0.317 e. The van der Waals surface area contributed by atoms with Crippen molar-refractivity contribution < 1.29 is 18.7 Å². The molecule has 132 valence electrons. The van der Waals surface area contributed by atoms with Gasteiger partial charge < -0.3 is 24.1 Å². The lowest BCUT2D eigenvalue weighted by Crippen LogP contribution is -2.49. The molecule has 1 aromatic rings. The topological polar surface area (TPSA) is 63.9 Å². The first-order valence-electron chi connectivity index (χ1n) is 9.05. The Morgan fingerprint density at radius 1 is 1.25 bits per heavy atom. The van der Waals surface area contributed by atoms with Gasteiger partial charge in [0.05, 0.1) is 25.5 Å². The monoisotopic (exact) mass is 334 g/mol. The lowest BCUT2D eigenvalue weighted by molar-refractivity contribution is -0.189. The summed E-state index contributed by atoms with van der Waals surface area (Å²) >= 11 is 0. The second-order valence-electron chi connectivity index (χ2n) is 7.17. The number of nitrogens with zero attached hydrogens (tertiary/aromatic N) is 1. The van der Waals surface area contributed by atoms with Gasteiger partial charge in [0.25, 0.3) is 0 Å². The fourth-order valence-electron chi connectivity index (χ4n) is 4.25. The van der Waals surface area contributed by atoms with Crippen molar-refractivity contribution in [2.45, 2.75) is 50.9 Å². The van der Waals surface area contributed by atoms with E-state index >= 15 is 0 Å². The molecule has 2 aliphatic heterocycles. The first-order chi connectivity index (χ1) is 11.7. The number of hydrogen-bond donors (Lipinski definition) is 1. The number of fused-ring (bicyclic) bond motifs is 1. The van der Waals surface area contributed by atoms with Crippen molar-refractivity contribution in [3.8, 4) is 0 Å². The molecule has 4 rings (SSSR count). The Kier molecular flexibility index (Phi) is 4.26. The van der Waals surface area contributed by atoms with Gasteiger partial charge in [-0.25, -0.2) is 4.79 Å². The zero-order valence-corrected chi connectivity index (χ0v) is 14.3. The van der Waals surface area contributed by atoms with Gasteiger partial charge in [0.2, 0.25) is 0 Å². The van der Waals surface area contributed by atoms with Crippen LogP contribution in [0.4, 0.5) is 4.79 Å². The van der Waals surface area contributed by atoms with E-state index in [9.17, 15) is 4.79 Å². The maximum Gasteiger partial charge on any atom is 0.317 e. The van der Waals surface area contributed by atoms with Crippen LogP contribution in [0.5, 0.6) is 0 Å². The van der Waals surface area contributed by atoms with E-state index in [4.69, 9.17) is 13.9 Å². The van der Waals surface area contributed by atoms with Crippen molar-refractivity contribution in [1.29, 1.82) is 0 Å². The molecular weight excluding hydrogens is 308 g/mol. The average Bonchev–Trinajstić information content (AvgIpc) is 3.25. The molecule has 0 spiro atoms. The molecule has 2 amide bonds. The number of amides is 2. The van der Waals surface area contributed by atoms with Gasteiger partial charge in [-0.3, -0.25) is 0 Å². The lowest BCUT2D eigenvalue weighted by atomic mass is 9.89. The molecular formula is C18H26N2O4. The summed E-state index contributed by atoms with van der Waals surface area (Å²) in [7, 11) is 0. The van der Waals surface area contributed by atoms with Crippen molar-refractivity contribution in [1.82, 2.24) is 10.2 Å². The van der Waals surface area contributed by atoms with Crippen molar-refractivity contribution in [2.75, 3.05) is 26.3 Å². The molecule has 0 unspecified atom stereocenters. The fourth-order valence-corrected chi connectivity index (χ4v) is 4.25. The van der Waals surface area contributed by atoms with Gasteiger partial charge in [0, 0.05) is 31.0 Å². The second kappa shape index (κ2) is 6.41. The molecule has 0 saturated carbocycles. The number of furan rings is 1. The Hall–Kier alpha value is -1.53. The van der Waals surface area contributed by atoms with Gasteiger partial charge in [-0.2, -0.15) is 0 Å². The number of ether oxygens (including phenoxy) is 2. The minimum absolute atomic E-state index is 0.0333. The number of rotatable bonds is 2. The molecule has 1 aromatic heterocycles. The van der Waals surface area contributed by atoms with Crippen LogP contribution in [-0.2, 0) is 15.9 Å². The average molecular weight is 334 g/mol. The number of nitrogens with one attached hydrogen (secondary N) is 1. The third kappa shape index (κ3) is 2.93. The SMILES string of the molecule is CC1(C2CCN(C(=O)N[C@@H]3CCCc4occc43)CC2)OCCO1. The van der Waals surface area contributed by atoms with E-state index in [2.05, 4.69) is 5.32 Å². The highest BCUT2D eigenvalue weighted by molar-refractivity contribution is 5.75. The predicted molar refractivity (Wildman–Crippen MR) is 87.5 cm³/mol. The molecule has 2 fully saturated rings. The molecule has 0 bridgehead atoms. The maximum absolute atomic E-state index is 12.6. The number of piperidine rings is 1. The first-order valence-corrected chi connectivity index (χ1v) is 9.05. The second-order valence-corrected chi connectivity index (χ2v) is 7.17. The molecule has 0 aromatic carbocycles. The highest BCUT2D eigenvalue weighted by Gasteiger charge is 2.42. The minimum atomic E-state index is -0.461. The number of hydrogen-bond acceptors (Lipinski definition) is 4. The van der Waals surface area contributed by atoms with Crippen LogP contribution < -0.4 is 5.32 Å². The zero-order valence-electron chi connectivity index (χ0n) is 14.3. The van der Waals surface area contributed by atoms with E-state index in [0.717, 1.165) is 56.5 Å². The van der Waals surface area contributed by atoms with E-state index in [0.29, 0.717) is 19.1 Å². The Labute approximate surface area is 142 Å². The lowest BCUT2D eigenvalue weighted by Gasteiger charge is -2.39. The van der Waals surface area contributed by atoms with Gasteiger partial charge in [-0.15, -0.1) is 0 Å². The van der Waals surface area contributed by atoms with Gasteiger partial charge in [-0.1, -0.05) is 0 Å². The Balaban J connectivity index is 1.33. The Bertz CT molecular complexity index is 586. The predicted octanol–water partition coefficient (Wildman–Crippen LogP) is 2.84. The Morgan fingerprint density at radius 2 is 2.00 bits per heavy atom. The largest absolute Gasteiger partial charge is 0.469 e. The molecule has 3 heterocycles. The highest BCUT2D eigenvalue weighted by Crippen LogP contribution is 2.35. The van der Waals surface area contributed by atoms with Crippen LogP contribution in [0.15, 0.2) is 16.7 Å². The summed E-state index contributed by atoms with van der Waals surface area (Å²) in [5, 5.41) is 3.19. The number of aryl methyl sites for hydroxylation is 1. The van der Waals surface area contributed by atoms with Crippen molar-refractivity contribution >= 4 is 6.03 Å². The standard InChI is InChI=1S/C18H26N2O4/c1-18(23-11-12-24-18)13-5-8-20(9-6-13)17(21)19-15-3-2-4-16-14(15)7-10-22-16/h7,10,13,15H,2-6,8-9,11-12H2,1H3,(H,19,21)/t15-/m1/s1. The third-order valence-corrected chi connectivity index (χ3v) is 5.73. The minimum Gasteiger partial charge on any atom is -0.469 e. The summed E-state index contributed by atoms with van der Waals surface area (Å²) in [6.07, 6.45) is 6.58. The van der Waals surface area contributed by atoms with E-state index in [1.165, 1.54) is 0 Å². The first kappa shape index (κ1) is 16.0. The molecule has 3 aliphatic rings. The summed E-state index contributed by atoms with van der Waals surface area (Å²) in [6, 6.07) is 2.10. The maximum atomic E-state index is 12.6. The van der Waals surface area contributed by atoms with Gasteiger partial charge in [-0.05, 0) is 38.7 Å². The van der Waals surface area contributed by atoms with Crippen LogP contribution >= 0.6 is 0 Å². The fraction of sp³-hybridized carbons (Fsp3) is 0.722. The van der Waals surface area contributed by atoms with Crippen LogP contribution in [0.1, 0.15) is 50.0 Å². The van der Waals surface area contributed by atoms with E-state index in [-0.39, 0.29) is 12.1 Å². The molecule has 1 aliphatic carbocycles. The normalized spacial score (nSPS) is 27.0. The summed E-state index contributed by atoms with van der Waals surface area (Å²) in [4.78, 5) is 14.5. The van der Waals surface area contributed by atoms with Crippen LogP contribution in [0, 0.1) is 5.92 Å². The van der Waals surface area contributed by atoms with Crippen LogP contribution in [0.2, 0.25) is 0 Å². The third-order valence-electron chi connectivity index (χ3n) is 5.73. The molecule has 0 radical (unpaired) electrons. The van der Waals surface area contributed by atoms with E-state index in [1.807, 2.05) is 17.9 Å². The molecule has 1 N–H and O–H groups in total. The number of urea groups is 1. The quantitative estimate of drug-likeness (QED) is 0.903.